The van der Waals surface area contributed by atoms with Crippen LogP contribution < -0.4 is 5.32 Å². The zero-order chi connectivity index (χ0) is 16.2. The van der Waals surface area contributed by atoms with Gasteiger partial charge < -0.3 is 4.90 Å². The molecule has 1 aromatic rings. The Morgan fingerprint density at radius 1 is 1.30 bits per heavy atom. The molecule has 1 N–H and O–H groups in total. The number of amides is 3. The van der Waals surface area contributed by atoms with Crippen LogP contribution in [0.15, 0.2) is 12.1 Å². The van der Waals surface area contributed by atoms with Gasteiger partial charge in [-0.2, -0.15) is 0 Å². The fraction of sp³-hybridized carbons (Fsp3) is 0.308. The van der Waals surface area contributed by atoms with Gasteiger partial charge in [-0.1, -0.05) is 0 Å². The number of carbonyl (C=O) groups excluding carboxylic acids is 3. The highest BCUT2D eigenvalue weighted by Crippen LogP contribution is 2.29. The van der Waals surface area contributed by atoms with Crippen molar-refractivity contribution in [3.63, 3.8) is 0 Å². The van der Waals surface area contributed by atoms with E-state index in [9.17, 15) is 23.2 Å². The van der Waals surface area contributed by atoms with Crippen molar-refractivity contribution in [3.8, 4) is 0 Å². The Morgan fingerprint density at radius 3 is 2.75 bits per heavy atom. The van der Waals surface area contributed by atoms with Crippen LogP contribution in [0.1, 0.15) is 31.5 Å². The lowest BCUT2D eigenvalue weighted by atomic mass is 10.0. The summed E-state index contributed by atoms with van der Waals surface area (Å²) in [5.74, 6) is -4.59. The predicted octanol–water partition coefficient (Wildman–Crippen LogP) is 0.726. The van der Waals surface area contributed by atoms with Crippen molar-refractivity contribution in [2.24, 2.45) is 0 Å². The Hall–Kier alpha value is -2.31. The molecule has 3 amide bonds. The highest BCUT2D eigenvalue weighted by atomic mass is 19.1. The number of piperidine rings is 1. The van der Waals surface area contributed by atoms with Gasteiger partial charge in [-0.25, -0.2) is 8.78 Å². The van der Waals surface area contributed by atoms with Gasteiger partial charge in [0.15, 0.2) is 0 Å². The third-order valence-electron chi connectivity index (χ3n) is 3.25. The maximum Gasteiger partial charge on any atom is 0.258 e. The minimum atomic E-state index is -2.54. The molecule has 0 bridgehead atoms. The summed E-state index contributed by atoms with van der Waals surface area (Å²) in [5.41, 5.74) is -1.05. The second-order valence-corrected chi connectivity index (χ2v) is 4.56. The molecule has 1 unspecified atom stereocenters. The molecule has 2 aliphatic rings. The van der Waals surface area contributed by atoms with Crippen LogP contribution in [-0.2, 0) is 16.1 Å². The average Bonchev–Trinajstić information content (AvgIpc) is 2.58. The maximum absolute atomic E-state index is 13.8. The largest absolute Gasteiger partial charge is 0.322 e. The molecule has 0 spiro atoms. The first kappa shape index (κ1) is 10.5. The third-order valence-corrected chi connectivity index (χ3v) is 3.25. The molecule has 2 aliphatic heterocycles. The van der Waals surface area contributed by atoms with E-state index >= 15 is 0 Å². The van der Waals surface area contributed by atoms with E-state index in [-0.39, 0.29) is 12.8 Å². The van der Waals surface area contributed by atoms with Gasteiger partial charge in [0.05, 0.1) is 8.30 Å². The summed E-state index contributed by atoms with van der Waals surface area (Å²) in [6.07, 6.45) is -0.141. The number of benzene rings is 1. The number of hydrogen-bond acceptors (Lipinski definition) is 3. The van der Waals surface area contributed by atoms with E-state index in [0.717, 1.165) is 6.07 Å². The fourth-order valence-corrected chi connectivity index (χ4v) is 2.33. The summed E-state index contributed by atoms with van der Waals surface area (Å²) in [7, 11) is 0. The van der Waals surface area contributed by atoms with Crippen LogP contribution in [0.25, 0.3) is 0 Å². The smallest absolute Gasteiger partial charge is 0.258 e. The van der Waals surface area contributed by atoms with E-state index in [4.69, 9.17) is 2.74 Å². The van der Waals surface area contributed by atoms with Crippen molar-refractivity contribution in [3.05, 3.63) is 34.9 Å². The number of hydrogen-bond donors (Lipinski definition) is 1. The Balaban J connectivity index is 2.08. The third kappa shape index (κ3) is 1.86. The molecule has 0 aromatic heterocycles. The zero-order valence-electron chi connectivity index (χ0n) is 12.1. The molecule has 20 heavy (non-hydrogen) atoms. The van der Waals surface area contributed by atoms with Crippen molar-refractivity contribution >= 4 is 17.7 Å². The summed E-state index contributed by atoms with van der Waals surface area (Å²) in [4.78, 5) is 35.9. The van der Waals surface area contributed by atoms with Crippen molar-refractivity contribution in [1.29, 1.82) is 0 Å². The summed E-state index contributed by atoms with van der Waals surface area (Å²) >= 11 is 0. The van der Waals surface area contributed by atoms with E-state index < -0.39 is 53.0 Å². The normalized spacial score (nSPS) is 26.0. The van der Waals surface area contributed by atoms with Gasteiger partial charge in [0.1, 0.15) is 17.7 Å². The lowest BCUT2D eigenvalue weighted by Gasteiger charge is -2.29. The predicted molar refractivity (Wildman–Crippen MR) is 62.4 cm³/mol. The van der Waals surface area contributed by atoms with Crippen LogP contribution >= 0.6 is 0 Å². The lowest BCUT2D eigenvalue weighted by molar-refractivity contribution is -0.136. The van der Waals surface area contributed by atoms with Crippen LogP contribution in [0.2, 0.25) is 0 Å². The van der Waals surface area contributed by atoms with Crippen LogP contribution in [0.3, 0.4) is 0 Å². The van der Waals surface area contributed by atoms with Crippen LogP contribution in [0, 0.1) is 11.6 Å². The highest BCUT2D eigenvalue weighted by Gasteiger charge is 2.40. The summed E-state index contributed by atoms with van der Waals surface area (Å²) in [6.45, 7) is -2.54. The van der Waals surface area contributed by atoms with Gasteiger partial charge in [-0.05, 0) is 18.1 Å². The number of rotatable bonds is 1. The molecular weight excluding hydrogens is 270 g/mol. The molecule has 3 rings (SSSR count). The first-order valence-electron chi connectivity index (χ1n) is 6.90. The van der Waals surface area contributed by atoms with Gasteiger partial charge in [0.2, 0.25) is 11.8 Å². The summed E-state index contributed by atoms with van der Waals surface area (Å²) in [6, 6.07) is -0.0294. The molecule has 0 radical (unpaired) electrons. The molecule has 0 aliphatic carbocycles. The fourth-order valence-electron chi connectivity index (χ4n) is 2.33. The average molecular weight is 282 g/mol. The van der Waals surface area contributed by atoms with Gasteiger partial charge in [0, 0.05) is 19.0 Å². The molecule has 2 heterocycles. The van der Waals surface area contributed by atoms with Crippen molar-refractivity contribution < 1.29 is 25.9 Å². The first-order chi connectivity index (χ1) is 10.2. The van der Waals surface area contributed by atoms with Gasteiger partial charge >= 0.3 is 0 Å². The Bertz CT molecular complexity index is 723. The number of halogens is 2. The minimum absolute atomic E-state index is 0.0660. The molecule has 5 nitrogen and oxygen atoms in total. The van der Waals surface area contributed by atoms with E-state index in [1.165, 1.54) is 0 Å². The van der Waals surface area contributed by atoms with Gasteiger partial charge in [0.25, 0.3) is 5.91 Å². The van der Waals surface area contributed by atoms with E-state index in [1.54, 1.807) is 0 Å². The van der Waals surface area contributed by atoms with E-state index in [0.29, 0.717) is 11.0 Å². The second kappa shape index (κ2) is 4.36. The highest BCUT2D eigenvalue weighted by molar-refractivity contribution is 6.05. The van der Waals surface area contributed by atoms with Crippen molar-refractivity contribution in [1.82, 2.24) is 10.2 Å². The Morgan fingerprint density at radius 2 is 2.05 bits per heavy atom. The summed E-state index contributed by atoms with van der Waals surface area (Å²) in [5, 5.41) is 2.01. The molecule has 1 saturated heterocycles. The molecular formula is C13H10F2N2O3. The SMILES string of the molecule is [2H]C1([2H])c2cc(F)cc(F)c2C(=O)N1C1CCC(=O)NC1=O. The van der Waals surface area contributed by atoms with Gasteiger partial charge in [-0.3, -0.25) is 19.7 Å². The number of fused-ring (bicyclic) bond motifs is 1. The Labute approximate surface area is 115 Å². The lowest BCUT2D eigenvalue weighted by Crippen LogP contribution is -2.52. The van der Waals surface area contributed by atoms with Crippen LogP contribution in [-0.4, -0.2) is 28.7 Å². The molecule has 104 valence electrons. The number of carbonyl (C=O) groups is 3. The monoisotopic (exact) mass is 282 g/mol. The topological polar surface area (TPSA) is 66.5 Å². The van der Waals surface area contributed by atoms with E-state index in [1.807, 2.05) is 5.32 Å². The first-order valence-corrected chi connectivity index (χ1v) is 5.90. The number of nitrogens with one attached hydrogen (secondary N) is 1. The van der Waals surface area contributed by atoms with E-state index in [2.05, 4.69) is 0 Å². The van der Waals surface area contributed by atoms with Crippen molar-refractivity contribution in [2.75, 3.05) is 0 Å². The maximum atomic E-state index is 13.8. The van der Waals surface area contributed by atoms with Crippen LogP contribution in [0.5, 0.6) is 0 Å². The molecule has 1 fully saturated rings. The number of nitrogens with zero attached hydrogens (tertiary/aromatic N) is 1. The minimum Gasteiger partial charge on any atom is -0.322 e. The standard InChI is InChI=1S/C13H10F2N2O3/c14-7-3-6-5-17(13(20)11(6)8(15)4-7)9-1-2-10(18)16-12(9)19/h3-4,9H,1-2,5H2,(H,16,18,19)/i5D2. The molecule has 0 saturated carbocycles. The zero-order valence-corrected chi connectivity index (χ0v) is 10.1. The molecule has 1 aromatic carbocycles. The summed E-state index contributed by atoms with van der Waals surface area (Å²) < 4.78 is 43.2. The van der Waals surface area contributed by atoms with Gasteiger partial charge in [-0.15, -0.1) is 0 Å². The van der Waals surface area contributed by atoms with Crippen molar-refractivity contribution in [2.45, 2.75) is 25.4 Å². The molecule has 7 heteroatoms. The quantitative estimate of drug-likeness (QED) is 0.772. The van der Waals surface area contributed by atoms with Crippen LogP contribution in [0.4, 0.5) is 8.78 Å². The molecule has 1 atom stereocenters. The second-order valence-electron chi connectivity index (χ2n) is 4.56. The Kier molecular flexibility index (Phi) is 2.28. The number of imide groups is 1.